The van der Waals surface area contributed by atoms with Crippen molar-refractivity contribution in [2.75, 3.05) is 6.54 Å². The lowest BCUT2D eigenvalue weighted by Gasteiger charge is -2.60. The van der Waals surface area contributed by atoms with E-state index in [0.29, 0.717) is 0 Å². The summed E-state index contributed by atoms with van der Waals surface area (Å²) in [5.74, 6) is 2.16. The molecule has 1 saturated carbocycles. The molecule has 2 bridgehead atoms. The topological polar surface area (TPSA) is 44.8 Å². The summed E-state index contributed by atoms with van der Waals surface area (Å²) in [5.41, 5.74) is 2.21. The van der Waals surface area contributed by atoms with Crippen molar-refractivity contribution in [3.05, 3.63) is 23.3 Å². The number of fused-ring (bicyclic) bond motifs is 3. The molecule has 3 heteroatoms. The second kappa shape index (κ2) is 3.15. The Labute approximate surface area is 113 Å². The van der Waals surface area contributed by atoms with Gasteiger partial charge in [0.2, 0.25) is 0 Å². The fraction of sp³-hybridized carbons (Fsp3) is 0.625. The minimum absolute atomic E-state index is 0.0181. The van der Waals surface area contributed by atoms with E-state index in [1.165, 1.54) is 17.5 Å². The number of benzene rings is 1. The predicted octanol–water partition coefficient (Wildman–Crippen LogP) is 2.25. The lowest BCUT2D eigenvalue weighted by molar-refractivity contribution is -0.124. The SMILES string of the molecule is O[C@@]12CCCC[C@@]13CCN[C@@H]2Cc1c3ccc2c1O2. The Kier molecular flexibility index (Phi) is 1.78. The smallest absolute Gasteiger partial charge is 0.173 e. The molecule has 2 N–H and O–H groups in total. The quantitative estimate of drug-likeness (QED) is 0.712. The predicted molar refractivity (Wildman–Crippen MR) is 71.7 cm³/mol. The van der Waals surface area contributed by atoms with Gasteiger partial charge in [-0.25, -0.2) is 0 Å². The van der Waals surface area contributed by atoms with Crippen LogP contribution in [-0.2, 0) is 11.8 Å². The second-order valence-electron chi connectivity index (χ2n) is 6.70. The van der Waals surface area contributed by atoms with E-state index in [2.05, 4.69) is 17.4 Å². The van der Waals surface area contributed by atoms with Crippen LogP contribution < -0.4 is 10.1 Å². The van der Waals surface area contributed by atoms with Crippen LogP contribution in [0.3, 0.4) is 0 Å². The van der Waals surface area contributed by atoms with Crippen LogP contribution in [0.1, 0.15) is 43.2 Å². The first-order chi connectivity index (χ1) is 9.25. The third kappa shape index (κ3) is 1.09. The minimum Gasteiger partial charge on any atom is -0.449 e. The highest BCUT2D eigenvalue weighted by atomic mass is 16.6. The zero-order valence-corrected chi connectivity index (χ0v) is 11.0. The van der Waals surface area contributed by atoms with Gasteiger partial charge in [-0.2, -0.15) is 0 Å². The van der Waals surface area contributed by atoms with E-state index >= 15 is 0 Å². The van der Waals surface area contributed by atoms with Crippen molar-refractivity contribution in [2.24, 2.45) is 0 Å². The van der Waals surface area contributed by atoms with E-state index in [1.807, 2.05) is 0 Å². The molecule has 5 rings (SSSR count). The van der Waals surface area contributed by atoms with Gasteiger partial charge in [-0.05, 0) is 43.9 Å². The van der Waals surface area contributed by atoms with Crippen LogP contribution in [0, 0.1) is 0 Å². The van der Waals surface area contributed by atoms with Crippen LogP contribution >= 0.6 is 0 Å². The van der Waals surface area contributed by atoms with Gasteiger partial charge in [0.25, 0.3) is 0 Å². The molecule has 19 heavy (non-hydrogen) atoms. The average molecular weight is 257 g/mol. The van der Waals surface area contributed by atoms with E-state index < -0.39 is 5.60 Å². The Morgan fingerprint density at radius 3 is 3.05 bits per heavy atom. The van der Waals surface area contributed by atoms with Crippen LogP contribution in [0.5, 0.6) is 11.5 Å². The summed E-state index contributed by atoms with van der Waals surface area (Å²) in [6.07, 6.45) is 6.47. The number of nitrogens with one attached hydrogen (secondary N) is 1. The lowest BCUT2D eigenvalue weighted by Crippen LogP contribution is -2.71. The van der Waals surface area contributed by atoms with Crippen LogP contribution in [0.25, 0.3) is 0 Å². The fourth-order valence-corrected chi connectivity index (χ4v) is 5.14. The Hall–Kier alpha value is -1.06. The van der Waals surface area contributed by atoms with E-state index in [9.17, 15) is 5.11 Å². The molecule has 2 heterocycles. The maximum Gasteiger partial charge on any atom is 0.173 e. The van der Waals surface area contributed by atoms with Gasteiger partial charge in [-0.3, -0.25) is 0 Å². The summed E-state index contributed by atoms with van der Waals surface area (Å²) >= 11 is 0. The maximum atomic E-state index is 11.4. The molecule has 3 nitrogen and oxygen atoms in total. The van der Waals surface area contributed by atoms with Crippen molar-refractivity contribution in [1.29, 1.82) is 0 Å². The van der Waals surface area contributed by atoms with E-state index in [1.54, 1.807) is 0 Å². The van der Waals surface area contributed by atoms with E-state index in [-0.39, 0.29) is 11.5 Å². The van der Waals surface area contributed by atoms with Crippen LogP contribution in [0.2, 0.25) is 0 Å². The highest BCUT2D eigenvalue weighted by Crippen LogP contribution is 2.61. The molecule has 100 valence electrons. The first kappa shape index (κ1) is 10.7. The van der Waals surface area contributed by atoms with Gasteiger partial charge in [0.1, 0.15) is 0 Å². The van der Waals surface area contributed by atoms with Crippen molar-refractivity contribution in [1.82, 2.24) is 5.32 Å². The van der Waals surface area contributed by atoms with Crippen molar-refractivity contribution in [2.45, 2.75) is 55.6 Å². The third-order valence-electron chi connectivity index (χ3n) is 6.08. The average Bonchev–Trinajstić information content (AvgIpc) is 3.17. The molecule has 3 atom stereocenters. The molecule has 2 fully saturated rings. The third-order valence-corrected chi connectivity index (χ3v) is 6.08. The van der Waals surface area contributed by atoms with E-state index in [4.69, 9.17) is 4.74 Å². The molecule has 2 aliphatic carbocycles. The fourth-order valence-electron chi connectivity index (χ4n) is 5.14. The summed E-state index contributed by atoms with van der Waals surface area (Å²) in [7, 11) is 0. The van der Waals surface area contributed by atoms with Gasteiger partial charge in [-0.15, -0.1) is 0 Å². The highest BCUT2D eigenvalue weighted by molar-refractivity contribution is 5.65. The van der Waals surface area contributed by atoms with Gasteiger partial charge in [0.05, 0.1) is 5.60 Å². The van der Waals surface area contributed by atoms with Crippen molar-refractivity contribution in [3.8, 4) is 11.5 Å². The monoisotopic (exact) mass is 257 g/mol. The molecule has 1 aromatic rings. The summed E-state index contributed by atoms with van der Waals surface area (Å²) in [6, 6.07) is 4.55. The molecule has 1 aromatic carbocycles. The van der Waals surface area contributed by atoms with Crippen molar-refractivity contribution < 1.29 is 9.84 Å². The lowest BCUT2D eigenvalue weighted by atomic mass is 9.50. The first-order valence-corrected chi connectivity index (χ1v) is 7.55. The van der Waals surface area contributed by atoms with Gasteiger partial charge in [0, 0.05) is 17.0 Å². The standard InChI is InChI=1S/C16H19NO2/c18-16-6-2-1-5-15(16)7-8-17-13(16)9-10-11(15)3-4-12-14(10)19-12/h3-4,13,17-18H,1-2,5-9H2/t13-,15+,16-/m1/s1. The molecular formula is C16H19NO2. The van der Waals surface area contributed by atoms with Gasteiger partial charge < -0.3 is 15.2 Å². The number of piperidine rings is 1. The van der Waals surface area contributed by atoms with E-state index in [0.717, 1.165) is 50.1 Å². The Morgan fingerprint density at radius 2 is 2.11 bits per heavy atom. The van der Waals surface area contributed by atoms with Gasteiger partial charge in [0.15, 0.2) is 11.5 Å². The highest BCUT2D eigenvalue weighted by Gasteiger charge is 2.62. The molecule has 4 aliphatic rings. The molecule has 0 spiro atoms. The Balaban J connectivity index is 1.79. The maximum absolute atomic E-state index is 11.4. The van der Waals surface area contributed by atoms with Crippen LogP contribution in [-0.4, -0.2) is 23.3 Å². The molecule has 0 amide bonds. The van der Waals surface area contributed by atoms with Gasteiger partial charge in [-0.1, -0.05) is 18.9 Å². The number of hydrogen-bond acceptors (Lipinski definition) is 3. The van der Waals surface area contributed by atoms with Gasteiger partial charge >= 0.3 is 0 Å². The molecule has 0 aromatic heterocycles. The summed E-state index contributed by atoms with van der Waals surface area (Å²) in [5, 5.41) is 15.0. The number of rotatable bonds is 0. The number of aliphatic hydroxyl groups is 1. The first-order valence-electron chi connectivity index (χ1n) is 7.55. The van der Waals surface area contributed by atoms with Crippen molar-refractivity contribution >= 4 is 0 Å². The molecule has 0 radical (unpaired) electrons. The van der Waals surface area contributed by atoms with Crippen LogP contribution in [0.4, 0.5) is 0 Å². The summed E-state index contributed by atoms with van der Waals surface area (Å²) in [6.45, 7) is 1.03. The van der Waals surface area contributed by atoms with Crippen molar-refractivity contribution in [3.63, 3.8) is 0 Å². The Bertz CT molecular complexity index is 580. The zero-order valence-electron chi connectivity index (χ0n) is 11.0. The summed E-state index contributed by atoms with van der Waals surface area (Å²) < 4.78 is 5.60. The Morgan fingerprint density at radius 1 is 1.21 bits per heavy atom. The number of hydrogen-bond donors (Lipinski definition) is 2. The summed E-state index contributed by atoms with van der Waals surface area (Å²) in [4.78, 5) is 0. The molecule has 0 unspecified atom stereocenters. The molecule has 1 saturated heterocycles. The van der Waals surface area contributed by atoms with Crippen LogP contribution in [0.15, 0.2) is 12.1 Å². The zero-order chi connectivity index (χ0) is 12.7. The normalized spacial score (nSPS) is 41.6. The number of ether oxygens (including phenoxy) is 1. The molecule has 2 aliphatic heterocycles. The minimum atomic E-state index is -0.542. The molecular weight excluding hydrogens is 238 g/mol. The second-order valence-corrected chi connectivity index (χ2v) is 6.70. The largest absolute Gasteiger partial charge is 0.449 e.